The highest BCUT2D eigenvalue weighted by Gasteiger charge is 2.28. The lowest BCUT2D eigenvalue weighted by Crippen LogP contribution is -2.27. The number of non-ortho nitro benzene ring substituents is 1. The molecule has 0 bridgehead atoms. The van der Waals surface area contributed by atoms with Crippen LogP contribution in [0.2, 0.25) is 0 Å². The van der Waals surface area contributed by atoms with Crippen molar-refractivity contribution in [1.82, 2.24) is 0 Å². The van der Waals surface area contributed by atoms with Crippen LogP contribution in [0.1, 0.15) is 11.1 Å². The van der Waals surface area contributed by atoms with Crippen LogP contribution in [-0.4, -0.2) is 31.1 Å². The van der Waals surface area contributed by atoms with Gasteiger partial charge in [-0.1, -0.05) is 12.1 Å². The molecular weight excluding hydrogens is 428 g/mol. The van der Waals surface area contributed by atoms with Crippen LogP contribution in [0.4, 0.5) is 11.4 Å². The van der Waals surface area contributed by atoms with E-state index in [2.05, 4.69) is 0 Å². The first-order valence-corrected chi connectivity index (χ1v) is 9.84. The number of benzene rings is 2. The molecule has 0 saturated heterocycles. The number of nitro groups is 1. The Balaban J connectivity index is 2.17. The third kappa shape index (κ3) is 5.27. The summed E-state index contributed by atoms with van der Waals surface area (Å²) in [5.74, 6) is -0.906. The zero-order valence-corrected chi connectivity index (χ0v) is 18.5. The van der Waals surface area contributed by atoms with Crippen molar-refractivity contribution in [2.75, 3.05) is 19.1 Å². The number of esters is 2. The number of carbonyl (C=O) groups is 2. The van der Waals surface area contributed by atoms with Crippen LogP contribution < -0.4 is 9.64 Å². The van der Waals surface area contributed by atoms with E-state index in [1.807, 2.05) is 19.9 Å². The summed E-state index contributed by atoms with van der Waals surface area (Å²) in [6.45, 7) is 3.82. The minimum absolute atomic E-state index is 0.0716. The number of nitrogens with zero attached hydrogens (tertiary/aromatic N) is 2. The smallest absolute Gasteiger partial charge is 0.355 e. The number of nitro benzene ring substituents is 1. The molecule has 1 aliphatic rings. The Labute approximate surface area is 190 Å². The van der Waals surface area contributed by atoms with Gasteiger partial charge in [-0.3, -0.25) is 10.1 Å². The van der Waals surface area contributed by atoms with E-state index in [-0.39, 0.29) is 28.4 Å². The quantitative estimate of drug-likeness (QED) is 0.360. The maximum absolute atomic E-state index is 12.6. The Morgan fingerprint density at radius 3 is 2.12 bits per heavy atom. The maximum atomic E-state index is 12.6. The highest BCUT2D eigenvalue weighted by Crippen LogP contribution is 2.35. The molecule has 0 N–H and O–H groups in total. The van der Waals surface area contributed by atoms with E-state index < -0.39 is 16.9 Å². The zero-order valence-electron chi connectivity index (χ0n) is 18.5. The van der Waals surface area contributed by atoms with Crippen LogP contribution in [-0.2, 0) is 19.1 Å². The molecule has 2 aromatic rings. The first-order chi connectivity index (χ1) is 15.7. The summed E-state index contributed by atoms with van der Waals surface area (Å²) in [5, 5.41) is 11.6. The summed E-state index contributed by atoms with van der Waals surface area (Å²) in [6, 6.07) is 9.65. The molecule has 9 heteroatoms. The molecule has 0 atom stereocenters. The van der Waals surface area contributed by atoms with Crippen LogP contribution in [0.15, 0.2) is 72.1 Å². The van der Waals surface area contributed by atoms with Gasteiger partial charge in [0.05, 0.1) is 36.5 Å². The molecule has 1 heterocycles. The predicted molar refractivity (Wildman–Crippen MR) is 121 cm³/mol. The van der Waals surface area contributed by atoms with Crippen molar-refractivity contribution in [2.24, 2.45) is 0 Å². The molecule has 2 aromatic carbocycles. The van der Waals surface area contributed by atoms with Gasteiger partial charge in [0.1, 0.15) is 17.2 Å². The molecule has 9 nitrogen and oxygen atoms in total. The Bertz CT molecular complexity index is 1190. The van der Waals surface area contributed by atoms with Crippen molar-refractivity contribution in [3.05, 3.63) is 93.3 Å². The first kappa shape index (κ1) is 23.3. The lowest BCUT2D eigenvalue weighted by Gasteiger charge is -2.23. The van der Waals surface area contributed by atoms with Gasteiger partial charge < -0.3 is 19.1 Å². The fraction of sp³-hybridized carbons (Fsp3) is 0.167. The van der Waals surface area contributed by atoms with Crippen molar-refractivity contribution in [1.29, 1.82) is 0 Å². The van der Waals surface area contributed by atoms with Crippen LogP contribution in [0, 0.1) is 24.0 Å². The van der Waals surface area contributed by atoms with Crippen LogP contribution in [0.25, 0.3) is 0 Å². The van der Waals surface area contributed by atoms with Gasteiger partial charge in [0.2, 0.25) is 0 Å². The van der Waals surface area contributed by atoms with E-state index in [1.54, 1.807) is 24.3 Å². The third-order valence-corrected chi connectivity index (χ3v) is 4.69. The molecule has 0 aliphatic carbocycles. The van der Waals surface area contributed by atoms with E-state index in [0.717, 1.165) is 11.1 Å². The standard InChI is InChI=1S/C24H22N2O7/c1-15-9-16(2)11-19(10-15)33-20-13-17(12-18(14-20)26(29)30)25-8-6-5-7-21(23(27)31-3)22(25)24(28)32-4/h5-14H,1-4H3. The largest absolute Gasteiger partial charge is 0.465 e. The lowest BCUT2D eigenvalue weighted by molar-refractivity contribution is -0.384. The van der Waals surface area contributed by atoms with E-state index in [1.165, 1.54) is 49.6 Å². The van der Waals surface area contributed by atoms with Gasteiger partial charge >= 0.3 is 11.9 Å². The second-order valence-electron chi connectivity index (χ2n) is 7.18. The Morgan fingerprint density at radius 1 is 0.879 bits per heavy atom. The average Bonchev–Trinajstić information content (AvgIpc) is 3.00. The number of hydrogen-bond acceptors (Lipinski definition) is 8. The van der Waals surface area contributed by atoms with E-state index in [4.69, 9.17) is 14.2 Å². The van der Waals surface area contributed by atoms with Crippen molar-refractivity contribution in [3.8, 4) is 11.5 Å². The van der Waals surface area contributed by atoms with Gasteiger partial charge in [0.25, 0.3) is 5.69 Å². The van der Waals surface area contributed by atoms with Crippen molar-refractivity contribution in [2.45, 2.75) is 13.8 Å². The van der Waals surface area contributed by atoms with Gasteiger partial charge in [0, 0.05) is 18.3 Å². The van der Waals surface area contributed by atoms with Gasteiger partial charge in [-0.05, 0) is 49.3 Å². The number of methoxy groups -OCH3 is 2. The van der Waals surface area contributed by atoms with E-state index in [0.29, 0.717) is 5.75 Å². The molecule has 33 heavy (non-hydrogen) atoms. The first-order valence-electron chi connectivity index (χ1n) is 9.84. The third-order valence-electron chi connectivity index (χ3n) is 4.69. The topological polar surface area (TPSA) is 108 Å². The summed E-state index contributed by atoms with van der Waals surface area (Å²) >= 11 is 0. The van der Waals surface area contributed by atoms with Crippen molar-refractivity contribution >= 4 is 23.3 Å². The summed E-state index contributed by atoms with van der Waals surface area (Å²) in [6.07, 6.45) is 6.00. The molecule has 0 amide bonds. The van der Waals surface area contributed by atoms with Crippen LogP contribution >= 0.6 is 0 Å². The number of rotatable bonds is 6. The normalized spacial score (nSPS) is 12.9. The molecule has 0 radical (unpaired) electrons. The minimum atomic E-state index is -0.824. The van der Waals surface area contributed by atoms with Crippen molar-refractivity contribution in [3.63, 3.8) is 0 Å². The van der Waals surface area contributed by atoms with E-state index in [9.17, 15) is 19.7 Å². The average molecular weight is 450 g/mol. The Hall–Kier alpha value is -4.40. The highest BCUT2D eigenvalue weighted by molar-refractivity contribution is 6.05. The maximum Gasteiger partial charge on any atom is 0.355 e. The summed E-state index contributed by atoms with van der Waals surface area (Å²) in [5.41, 5.74) is 1.66. The fourth-order valence-corrected chi connectivity index (χ4v) is 3.36. The Morgan fingerprint density at radius 2 is 1.52 bits per heavy atom. The zero-order chi connectivity index (χ0) is 24.1. The fourth-order valence-electron chi connectivity index (χ4n) is 3.36. The van der Waals surface area contributed by atoms with Crippen LogP contribution in [0.3, 0.4) is 0 Å². The number of allylic oxidation sites excluding steroid dienone is 2. The second kappa shape index (κ2) is 9.82. The number of carbonyl (C=O) groups excluding carboxylic acids is 2. The van der Waals surface area contributed by atoms with Crippen molar-refractivity contribution < 1.29 is 28.7 Å². The van der Waals surface area contributed by atoms with Crippen LogP contribution in [0.5, 0.6) is 11.5 Å². The molecular formula is C24H22N2O7. The van der Waals surface area contributed by atoms with Gasteiger partial charge in [0.15, 0.2) is 0 Å². The number of ether oxygens (including phenoxy) is 3. The predicted octanol–water partition coefficient (Wildman–Crippen LogP) is 4.49. The van der Waals surface area contributed by atoms with E-state index >= 15 is 0 Å². The SMILES string of the molecule is COC(=O)C1=C(C(=O)OC)N(c2cc(Oc3cc(C)cc(C)c3)cc([N+](=O)[O-])c2)C=CC=C1. The molecule has 0 fully saturated rings. The molecule has 170 valence electrons. The molecule has 0 unspecified atom stereocenters. The highest BCUT2D eigenvalue weighted by atomic mass is 16.6. The summed E-state index contributed by atoms with van der Waals surface area (Å²) in [7, 11) is 2.35. The van der Waals surface area contributed by atoms with Gasteiger partial charge in [-0.25, -0.2) is 9.59 Å². The Kier molecular flexibility index (Phi) is 6.92. The number of hydrogen-bond donors (Lipinski definition) is 0. The summed E-state index contributed by atoms with van der Waals surface area (Å²) < 4.78 is 15.6. The summed E-state index contributed by atoms with van der Waals surface area (Å²) in [4.78, 5) is 37.4. The molecule has 3 rings (SSSR count). The number of aryl methyl sites for hydroxylation is 2. The van der Waals surface area contributed by atoms with Gasteiger partial charge in [-0.15, -0.1) is 0 Å². The second-order valence-corrected chi connectivity index (χ2v) is 7.18. The van der Waals surface area contributed by atoms with Gasteiger partial charge in [-0.2, -0.15) is 0 Å². The lowest BCUT2D eigenvalue weighted by atomic mass is 10.1. The molecule has 0 spiro atoms. The monoisotopic (exact) mass is 450 g/mol. The number of anilines is 1. The molecule has 0 saturated carbocycles. The molecule has 1 aliphatic heterocycles. The molecule has 0 aromatic heterocycles. The minimum Gasteiger partial charge on any atom is -0.465 e.